The first-order chi connectivity index (χ1) is 14.7. The van der Waals surface area contributed by atoms with Gasteiger partial charge in [0.15, 0.2) is 0 Å². The fourth-order valence-electron chi connectivity index (χ4n) is 4.86. The highest BCUT2D eigenvalue weighted by molar-refractivity contribution is 5.75. The summed E-state index contributed by atoms with van der Waals surface area (Å²) in [6, 6.07) is 14.6. The number of nitriles is 2. The van der Waals surface area contributed by atoms with Gasteiger partial charge in [-0.1, -0.05) is 69.7 Å². The van der Waals surface area contributed by atoms with E-state index in [4.69, 9.17) is 0 Å². The van der Waals surface area contributed by atoms with Gasteiger partial charge < -0.3 is 0 Å². The van der Waals surface area contributed by atoms with Crippen molar-refractivity contribution in [1.82, 2.24) is 0 Å². The lowest BCUT2D eigenvalue weighted by molar-refractivity contribution is 0.301. The molecule has 0 N–H and O–H groups in total. The second-order valence-corrected chi connectivity index (χ2v) is 8.60. The van der Waals surface area contributed by atoms with Crippen molar-refractivity contribution < 1.29 is 4.39 Å². The molecule has 2 aromatic rings. The summed E-state index contributed by atoms with van der Waals surface area (Å²) in [7, 11) is 0. The number of unbranched alkanes of at least 4 members (excludes halogenated alkanes) is 4. The number of rotatable bonds is 8. The zero-order chi connectivity index (χ0) is 21.3. The summed E-state index contributed by atoms with van der Waals surface area (Å²) in [6.45, 7) is 2.25. The van der Waals surface area contributed by atoms with E-state index in [2.05, 4.69) is 19.1 Å². The third kappa shape index (κ3) is 5.28. The van der Waals surface area contributed by atoms with Crippen LogP contribution in [-0.4, -0.2) is 0 Å². The van der Waals surface area contributed by atoms with Gasteiger partial charge >= 0.3 is 0 Å². The molecule has 0 unspecified atom stereocenters. The summed E-state index contributed by atoms with van der Waals surface area (Å²) in [5.41, 5.74) is 3.41. The molecule has 3 heteroatoms. The monoisotopic (exact) mass is 402 g/mol. The van der Waals surface area contributed by atoms with Gasteiger partial charge in [-0.05, 0) is 60.8 Å². The average molecular weight is 403 g/mol. The summed E-state index contributed by atoms with van der Waals surface area (Å²) in [6.07, 6.45) is 12.6. The van der Waals surface area contributed by atoms with Crippen LogP contribution in [0.2, 0.25) is 0 Å². The van der Waals surface area contributed by atoms with Crippen LogP contribution in [0.15, 0.2) is 36.4 Å². The Hall–Kier alpha value is -2.65. The van der Waals surface area contributed by atoms with E-state index in [1.54, 1.807) is 12.1 Å². The summed E-state index contributed by atoms with van der Waals surface area (Å²) in [5, 5.41) is 19.6. The fourth-order valence-corrected chi connectivity index (χ4v) is 4.86. The lowest BCUT2D eigenvalue weighted by Gasteiger charge is -2.29. The van der Waals surface area contributed by atoms with Crippen molar-refractivity contribution in [1.29, 1.82) is 10.5 Å². The molecule has 1 fully saturated rings. The Morgan fingerprint density at radius 2 is 1.50 bits per heavy atom. The molecule has 1 aliphatic rings. The maximum absolute atomic E-state index is 13.3. The first kappa shape index (κ1) is 22.0. The predicted octanol–water partition coefficient (Wildman–Crippen LogP) is 7.87. The van der Waals surface area contributed by atoms with Gasteiger partial charge in [0.1, 0.15) is 18.0 Å². The molecule has 0 heterocycles. The molecule has 2 nitrogen and oxygen atoms in total. The van der Waals surface area contributed by atoms with Gasteiger partial charge in [-0.3, -0.25) is 0 Å². The summed E-state index contributed by atoms with van der Waals surface area (Å²) < 4.78 is 13.3. The Kier molecular flexibility index (Phi) is 8.04. The smallest absolute Gasteiger partial charge is 0.123 e. The average Bonchev–Trinajstić information content (AvgIpc) is 2.79. The normalized spacial score (nSPS) is 18.5. The van der Waals surface area contributed by atoms with Crippen molar-refractivity contribution in [2.75, 3.05) is 0 Å². The number of benzene rings is 2. The second kappa shape index (κ2) is 10.9. The number of halogens is 1. The summed E-state index contributed by atoms with van der Waals surface area (Å²) in [4.78, 5) is 0. The molecule has 0 saturated heterocycles. The van der Waals surface area contributed by atoms with Crippen LogP contribution in [0.3, 0.4) is 0 Å². The number of hydrogen-bond acceptors (Lipinski definition) is 2. The van der Waals surface area contributed by atoms with Crippen LogP contribution in [0, 0.1) is 34.4 Å². The molecule has 0 aromatic heterocycles. The lowest BCUT2D eigenvalue weighted by Crippen LogP contribution is -2.15. The minimum Gasteiger partial charge on any atom is -0.207 e. The predicted molar refractivity (Wildman–Crippen MR) is 119 cm³/mol. The van der Waals surface area contributed by atoms with Crippen LogP contribution in [-0.2, 0) is 0 Å². The Bertz CT molecular complexity index is 910. The maximum Gasteiger partial charge on any atom is 0.123 e. The molecule has 0 bridgehead atoms. The summed E-state index contributed by atoms with van der Waals surface area (Å²) >= 11 is 0. The third-order valence-electron chi connectivity index (χ3n) is 6.62. The van der Waals surface area contributed by atoms with E-state index >= 15 is 0 Å². The van der Waals surface area contributed by atoms with E-state index in [-0.39, 0.29) is 5.82 Å². The van der Waals surface area contributed by atoms with Crippen molar-refractivity contribution in [3.05, 3.63) is 58.9 Å². The molecule has 0 aliphatic heterocycles. The molecule has 3 rings (SSSR count). The van der Waals surface area contributed by atoms with E-state index in [1.807, 2.05) is 12.1 Å². The molecule has 0 spiro atoms. The fraction of sp³-hybridized carbons (Fsp3) is 0.481. The van der Waals surface area contributed by atoms with Crippen molar-refractivity contribution in [3.63, 3.8) is 0 Å². The topological polar surface area (TPSA) is 47.6 Å². The van der Waals surface area contributed by atoms with Crippen LogP contribution in [0.4, 0.5) is 4.39 Å². The third-order valence-corrected chi connectivity index (χ3v) is 6.62. The molecule has 1 aliphatic carbocycles. The van der Waals surface area contributed by atoms with Gasteiger partial charge in [0.05, 0.1) is 11.1 Å². The maximum atomic E-state index is 13.3. The zero-order valence-corrected chi connectivity index (χ0v) is 18.0. The molecule has 2 aromatic carbocycles. The summed E-state index contributed by atoms with van der Waals surface area (Å²) in [5.74, 6) is 0.851. The van der Waals surface area contributed by atoms with Crippen molar-refractivity contribution in [3.8, 4) is 23.3 Å². The largest absolute Gasteiger partial charge is 0.207 e. The number of nitrogens with zero attached hydrogens (tertiary/aromatic N) is 2. The molecule has 156 valence electrons. The van der Waals surface area contributed by atoms with E-state index in [0.29, 0.717) is 22.6 Å². The first-order valence-corrected chi connectivity index (χ1v) is 11.4. The lowest BCUT2D eigenvalue weighted by atomic mass is 9.75. The molecule has 1 saturated carbocycles. The second-order valence-electron chi connectivity index (χ2n) is 8.60. The minimum absolute atomic E-state index is 0.309. The number of hydrogen-bond donors (Lipinski definition) is 0. The van der Waals surface area contributed by atoms with Gasteiger partial charge in [0, 0.05) is 5.56 Å². The molecular formula is C27H31FN2. The Balaban J connectivity index is 1.71. The van der Waals surface area contributed by atoms with Crippen molar-refractivity contribution in [2.45, 2.75) is 77.0 Å². The molecule has 0 amide bonds. The van der Waals surface area contributed by atoms with Gasteiger partial charge in [0.25, 0.3) is 0 Å². The van der Waals surface area contributed by atoms with Crippen LogP contribution in [0.25, 0.3) is 11.1 Å². The van der Waals surface area contributed by atoms with E-state index in [1.165, 1.54) is 63.5 Å². The van der Waals surface area contributed by atoms with E-state index in [0.717, 1.165) is 29.9 Å². The van der Waals surface area contributed by atoms with Crippen LogP contribution in [0.1, 0.15) is 93.7 Å². The molecular weight excluding hydrogens is 371 g/mol. The molecule has 30 heavy (non-hydrogen) atoms. The van der Waals surface area contributed by atoms with Gasteiger partial charge in [-0.15, -0.1) is 0 Å². The minimum atomic E-state index is -0.309. The Morgan fingerprint density at radius 3 is 2.13 bits per heavy atom. The van der Waals surface area contributed by atoms with Crippen molar-refractivity contribution in [2.24, 2.45) is 5.92 Å². The highest BCUT2D eigenvalue weighted by Gasteiger charge is 2.26. The highest BCUT2D eigenvalue weighted by atomic mass is 19.1. The van der Waals surface area contributed by atoms with Crippen LogP contribution in [0.5, 0.6) is 0 Å². The first-order valence-electron chi connectivity index (χ1n) is 11.4. The van der Waals surface area contributed by atoms with Gasteiger partial charge in [-0.25, -0.2) is 4.39 Å². The SMILES string of the molecule is CCCCCCC[C@H]1CC[C@H](c2ccc(-c3ccc(F)cc3)c(C#N)c2C#N)CC1. The molecule has 0 radical (unpaired) electrons. The Morgan fingerprint density at radius 1 is 0.833 bits per heavy atom. The van der Waals surface area contributed by atoms with Gasteiger partial charge in [0.2, 0.25) is 0 Å². The zero-order valence-electron chi connectivity index (χ0n) is 18.0. The van der Waals surface area contributed by atoms with Crippen molar-refractivity contribution >= 4 is 0 Å². The Labute approximate surface area is 180 Å². The van der Waals surface area contributed by atoms with Crippen LogP contribution >= 0.6 is 0 Å². The standard InChI is InChI=1S/C27H31FN2/c1-2-3-4-5-6-7-20-8-10-21(11-9-20)24-16-17-25(27(19-30)26(24)18-29)22-12-14-23(28)15-13-22/h12-17,20-21H,2-11H2,1H3/t20-,21-. The molecule has 0 atom stereocenters. The van der Waals surface area contributed by atoms with Crippen LogP contribution < -0.4 is 0 Å². The van der Waals surface area contributed by atoms with E-state index < -0.39 is 0 Å². The quantitative estimate of drug-likeness (QED) is 0.422. The van der Waals surface area contributed by atoms with Gasteiger partial charge in [-0.2, -0.15) is 10.5 Å². The van der Waals surface area contributed by atoms with E-state index in [9.17, 15) is 14.9 Å². The highest BCUT2D eigenvalue weighted by Crippen LogP contribution is 2.41.